The van der Waals surface area contributed by atoms with Gasteiger partial charge in [0.1, 0.15) is 0 Å². The minimum absolute atomic E-state index is 0.739. The van der Waals surface area contributed by atoms with E-state index in [1.807, 2.05) is 11.8 Å². The van der Waals surface area contributed by atoms with Crippen molar-refractivity contribution in [1.29, 1.82) is 0 Å². The molecule has 90 valence electrons. The first-order chi connectivity index (χ1) is 7.15. The summed E-state index contributed by atoms with van der Waals surface area (Å²) in [5.41, 5.74) is 0. The normalized spacial score (nSPS) is 25.8. The SMILES string of the molecule is CSCC(C)CN1CCNCC1C(C)C. The zero-order valence-corrected chi connectivity index (χ0v) is 11.4. The molecule has 0 spiro atoms. The third-order valence-corrected chi connectivity index (χ3v) is 4.07. The maximum Gasteiger partial charge on any atom is 0.0244 e. The number of nitrogens with one attached hydrogen (secondary N) is 1. The van der Waals surface area contributed by atoms with Crippen molar-refractivity contribution in [3.8, 4) is 0 Å². The first kappa shape index (κ1) is 13.3. The number of hydrogen-bond acceptors (Lipinski definition) is 3. The van der Waals surface area contributed by atoms with Crippen molar-refractivity contribution < 1.29 is 0 Å². The lowest BCUT2D eigenvalue weighted by Gasteiger charge is -2.40. The lowest BCUT2D eigenvalue weighted by atomic mass is 9.99. The first-order valence-electron chi connectivity index (χ1n) is 6.08. The number of nitrogens with zero attached hydrogens (tertiary/aromatic N) is 1. The summed E-state index contributed by atoms with van der Waals surface area (Å²) in [4.78, 5) is 2.68. The van der Waals surface area contributed by atoms with Gasteiger partial charge >= 0.3 is 0 Å². The van der Waals surface area contributed by atoms with Crippen LogP contribution in [0.1, 0.15) is 20.8 Å². The summed E-state index contributed by atoms with van der Waals surface area (Å²) in [5, 5.41) is 3.50. The van der Waals surface area contributed by atoms with Gasteiger partial charge in [0.05, 0.1) is 0 Å². The average molecular weight is 230 g/mol. The van der Waals surface area contributed by atoms with Crippen LogP contribution in [0.15, 0.2) is 0 Å². The van der Waals surface area contributed by atoms with E-state index in [1.165, 1.54) is 25.4 Å². The summed E-state index contributed by atoms with van der Waals surface area (Å²) in [7, 11) is 0. The Hall–Kier alpha value is 0.270. The van der Waals surface area contributed by atoms with Gasteiger partial charge in [0.2, 0.25) is 0 Å². The van der Waals surface area contributed by atoms with E-state index in [0.717, 1.165) is 24.4 Å². The monoisotopic (exact) mass is 230 g/mol. The molecule has 0 aromatic heterocycles. The van der Waals surface area contributed by atoms with Crippen LogP contribution in [0.3, 0.4) is 0 Å². The lowest BCUT2D eigenvalue weighted by molar-refractivity contribution is 0.112. The van der Waals surface area contributed by atoms with E-state index in [1.54, 1.807) is 0 Å². The highest BCUT2D eigenvalue weighted by atomic mass is 32.2. The Morgan fingerprint density at radius 2 is 2.13 bits per heavy atom. The summed E-state index contributed by atoms with van der Waals surface area (Å²) < 4.78 is 0. The van der Waals surface area contributed by atoms with Gasteiger partial charge in [0, 0.05) is 32.2 Å². The van der Waals surface area contributed by atoms with E-state index in [9.17, 15) is 0 Å². The lowest BCUT2D eigenvalue weighted by Crippen LogP contribution is -2.54. The maximum absolute atomic E-state index is 3.50. The molecular formula is C12H26N2S. The highest BCUT2D eigenvalue weighted by molar-refractivity contribution is 7.98. The molecule has 1 aliphatic heterocycles. The molecule has 2 atom stereocenters. The van der Waals surface area contributed by atoms with Crippen LogP contribution < -0.4 is 5.32 Å². The van der Waals surface area contributed by atoms with E-state index >= 15 is 0 Å². The Labute approximate surface area is 99.2 Å². The fourth-order valence-electron chi connectivity index (χ4n) is 2.39. The molecule has 1 fully saturated rings. The highest BCUT2D eigenvalue weighted by Crippen LogP contribution is 2.16. The van der Waals surface area contributed by atoms with Crippen LogP contribution in [0.25, 0.3) is 0 Å². The van der Waals surface area contributed by atoms with Crippen molar-refractivity contribution in [2.24, 2.45) is 11.8 Å². The van der Waals surface area contributed by atoms with E-state index in [4.69, 9.17) is 0 Å². The quantitative estimate of drug-likeness (QED) is 0.777. The molecule has 15 heavy (non-hydrogen) atoms. The van der Waals surface area contributed by atoms with Crippen molar-refractivity contribution in [3.63, 3.8) is 0 Å². The molecule has 1 heterocycles. The Morgan fingerprint density at radius 3 is 2.73 bits per heavy atom. The standard InChI is InChI=1S/C12H26N2S/c1-10(2)12-7-13-5-6-14(12)8-11(3)9-15-4/h10-13H,5-9H2,1-4H3. The van der Waals surface area contributed by atoms with Crippen LogP contribution in [-0.2, 0) is 0 Å². The zero-order valence-electron chi connectivity index (χ0n) is 10.6. The van der Waals surface area contributed by atoms with Crippen molar-refractivity contribution in [1.82, 2.24) is 10.2 Å². The van der Waals surface area contributed by atoms with E-state index in [-0.39, 0.29) is 0 Å². The number of rotatable bonds is 5. The second-order valence-electron chi connectivity index (χ2n) is 5.07. The van der Waals surface area contributed by atoms with E-state index < -0.39 is 0 Å². The van der Waals surface area contributed by atoms with Gasteiger partial charge in [0.15, 0.2) is 0 Å². The summed E-state index contributed by atoms with van der Waals surface area (Å²) in [6.45, 7) is 11.9. The highest BCUT2D eigenvalue weighted by Gasteiger charge is 2.25. The van der Waals surface area contributed by atoms with E-state index in [2.05, 4.69) is 37.2 Å². The largest absolute Gasteiger partial charge is 0.314 e. The van der Waals surface area contributed by atoms with Gasteiger partial charge in [-0.2, -0.15) is 11.8 Å². The minimum atomic E-state index is 0.739. The third-order valence-electron chi connectivity index (χ3n) is 3.17. The summed E-state index contributed by atoms with van der Waals surface area (Å²) in [5.74, 6) is 2.87. The Kier molecular flexibility index (Phi) is 6.02. The molecular weight excluding hydrogens is 204 g/mol. The van der Waals surface area contributed by atoms with Crippen LogP contribution in [0.5, 0.6) is 0 Å². The van der Waals surface area contributed by atoms with Gasteiger partial charge in [0.25, 0.3) is 0 Å². The fraction of sp³-hybridized carbons (Fsp3) is 1.00. The van der Waals surface area contributed by atoms with Crippen molar-refractivity contribution in [3.05, 3.63) is 0 Å². The Balaban J connectivity index is 2.42. The zero-order chi connectivity index (χ0) is 11.3. The topological polar surface area (TPSA) is 15.3 Å². The molecule has 1 rings (SSSR count). The first-order valence-corrected chi connectivity index (χ1v) is 7.48. The molecule has 1 saturated heterocycles. The van der Waals surface area contributed by atoms with Crippen LogP contribution in [0.4, 0.5) is 0 Å². The molecule has 0 aromatic carbocycles. The second kappa shape index (κ2) is 6.77. The van der Waals surface area contributed by atoms with Crippen molar-refractivity contribution in [2.45, 2.75) is 26.8 Å². The van der Waals surface area contributed by atoms with Gasteiger partial charge < -0.3 is 5.32 Å². The summed E-state index contributed by atoms with van der Waals surface area (Å²) >= 11 is 1.97. The van der Waals surface area contributed by atoms with Gasteiger partial charge in [-0.05, 0) is 23.8 Å². The molecule has 2 unspecified atom stereocenters. The van der Waals surface area contributed by atoms with Crippen molar-refractivity contribution in [2.75, 3.05) is 38.2 Å². The Morgan fingerprint density at radius 1 is 1.40 bits per heavy atom. The van der Waals surface area contributed by atoms with Crippen LogP contribution in [0, 0.1) is 11.8 Å². The summed E-state index contributed by atoms with van der Waals surface area (Å²) in [6, 6.07) is 0.739. The molecule has 0 aliphatic carbocycles. The van der Waals surface area contributed by atoms with Crippen LogP contribution >= 0.6 is 11.8 Å². The van der Waals surface area contributed by atoms with Gasteiger partial charge in [-0.15, -0.1) is 0 Å². The molecule has 1 aliphatic rings. The van der Waals surface area contributed by atoms with E-state index in [0.29, 0.717) is 0 Å². The van der Waals surface area contributed by atoms with Crippen LogP contribution in [-0.4, -0.2) is 49.1 Å². The molecule has 0 aromatic rings. The fourth-order valence-corrected chi connectivity index (χ4v) is 3.06. The minimum Gasteiger partial charge on any atom is -0.314 e. The molecule has 2 nitrogen and oxygen atoms in total. The summed E-state index contributed by atoms with van der Waals surface area (Å²) in [6.07, 6.45) is 2.20. The molecule has 1 N–H and O–H groups in total. The van der Waals surface area contributed by atoms with Crippen molar-refractivity contribution >= 4 is 11.8 Å². The van der Waals surface area contributed by atoms with Gasteiger partial charge in [-0.3, -0.25) is 4.90 Å². The number of piperazine rings is 1. The molecule has 3 heteroatoms. The van der Waals surface area contributed by atoms with Gasteiger partial charge in [-0.1, -0.05) is 20.8 Å². The third kappa shape index (κ3) is 4.33. The maximum atomic E-state index is 3.50. The number of hydrogen-bond donors (Lipinski definition) is 1. The smallest absolute Gasteiger partial charge is 0.0244 e. The van der Waals surface area contributed by atoms with Gasteiger partial charge in [-0.25, -0.2) is 0 Å². The Bertz CT molecular complexity index is 173. The molecule has 0 bridgehead atoms. The molecule has 0 amide bonds. The molecule has 0 saturated carbocycles. The number of thioether (sulfide) groups is 1. The average Bonchev–Trinajstić information content (AvgIpc) is 2.18. The molecule has 0 radical (unpaired) electrons. The predicted octanol–water partition coefficient (Wildman–Crippen LogP) is 1.92. The second-order valence-corrected chi connectivity index (χ2v) is 5.98. The van der Waals surface area contributed by atoms with Crippen LogP contribution in [0.2, 0.25) is 0 Å². The predicted molar refractivity (Wildman–Crippen MR) is 70.6 cm³/mol.